The summed E-state index contributed by atoms with van der Waals surface area (Å²) in [7, 11) is -0.761. The van der Waals surface area contributed by atoms with Crippen LogP contribution in [0, 0.1) is 6.92 Å². The fourth-order valence-electron chi connectivity index (χ4n) is 3.57. The summed E-state index contributed by atoms with van der Waals surface area (Å²) in [6, 6.07) is 12.6. The first-order valence-electron chi connectivity index (χ1n) is 10.00. The maximum atomic E-state index is 13.1. The molecule has 0 saturated carbocycles. The van der Waals surface area contributed by atoms with Crippen LogP contribution in [0.2, 0.25) is 0 Å². The van der Waals surface area contributed by atoms with E-state index in [1.54, 1.807) is 48.5 Å². The van der Waals surface area contributed by atoms with Crippen molar-refractivity contribution in [3.8, 4) is 5.75 Å². The Hall–Kier alpha value is -2.91. The molecule has 8 nitrogen and oxygen atoms in total. The number of anilines is 1. The first-order valence-corrected chi connectivity index (χ1v) is 11.4. The van der Waals surface area contributed by atoms with Crippen molar-refractivity contribution in [3.63, 3.8) is 0 Å². The minimum absolute atomic E-state index is 0.163. The predicted octanol–water partition coefficient (Wildman–Crippen LogP) is 2.25. The van der Waals surface area contributed by atoms with E-state index in [-0.39, 0.29) is 23.9 Å². The molecule has 0 aliphatic carbocycles. The number of sulfonamides is 1. The molecule has 2 aromatic carbocycles. The monoisotopic (exact) mass is 445 g/mol. The van der Waals surface area contributed by atoms with E-state index in [1.807, 2.05) is 6.92 Å². The Balaban J connectivity index is 1.67. The topological polar surface area (TPSA) is 96.0 Å². The molecule has 3 rings (SSSR count). The van der Waals surface area contributed by atoms with Gasteiger partial charge in [-0.25, -0.2) is 8.42 Å². The smallest absolute Gasteiger partial charge is 0.243 e. The molecule has 1 heterocycles. The fraction of sp³-hybridized carbons (Fsp3) is 0.364. The molecule has 1 N–H and O–H groups in total. The molecule has 1 atom stereocenters. The Morgan fingerprint density at radius 3 is 2.58 bits per heavy atom. The average molecular weight is 446 g/mol. The molecule has 1 saturated heterocycles. The third kappa shape index (κ3) is 5.23. The molecule has 2 amide bonds. The maximum Gasteiger partial charge on any atom is 0.243 e. The molecule has 166 valence electrons. The standard InChI is InChI=1S/C22H27N3O5S/c1-16-9-11-19(12-10-16)31(28,29)25-13-5-8-20(25)22(27)24(2)15-21(26)23-17-6-4-7-18(14-17)30-3/h4,6-7,9-12,14,20H,5,8,13,15H2,1-3H3,(H,23,26)/t20-/m0/s1. The van der Waals surface area contributed by atoms with Crippen LogP contribution in [-0.2, 0) is 19.6 Å². The van der Waals surface area contributed by atoms with E-state index in [0.29, 0.717) is 24.3 Å². The zero-order valence-corrected chi connectivity index (χ0v) is 18.7. The zero-order chi connectivity index (χ0) is 22.6. The zero-order valence-electron chi connectivity index (χ0n) is 17.9. The molecule has 1 fully saturated rings. The van der Waals surface area contributed by atoms with Crippen LogP contribution < -0.4 is 10.1 Å². The number of hydrogen-bond donors (Lipinski definition) is 1. The van der Waals surface area contributed by atoms with Crippen molar-refractivity contribution in [2.45, 2.75) is 30.7 Å². The van der Waals surface area contributed by atoms with E-state index < -0.39 is 22.0 Å². The molecule has 2 aromatic rings. The Morgan fingerprint density at radius 1 is 1.19 bits per heavy atom. The number of amides is 2. The Kier molecular flexibility index (Phi) is 6.97. The normalized spacial score (nSPS) is 16.7. The Morgan fingerprint density at radius 2 is 1.90 bits per heavy atom. The van der Waals surface area contributed by atoms with E-state index in [2.05, 4.69) is 5.32 Å². The number of nitrogens with zero attached hydrogens (tertiary/aromatic N) is 2. The number of rotatable bonds is 7. The van der Waals surface area contributed by atoms with Crippen molar-refractivity contribution in [2.24, 2.45) is 0 Å². The fourth-order valence-corrected chi connectivity index (χ4v) is 5.22. The van der Waals surface area contributed by atoms with Gasteiger partial charge in [-0.3, -0.25) is 9.59 Å². The highest BCUT2D eigenvalue weighted by Crippen LogP contribution is 2.27. The number of likely N-dealkylation sites (N-methyl/N-ethyl adjacent to an activating group) is 1. The van der Waals surface area contributed by atoms with Crippen molar-refractivity contribution >= 4 is 27.5 Å². The first kappa shape index (κ1) is 22.8. The highest BCUT2D eigenvalue weighted by atomic mass is 32.2. The van der Waals surface area contributed by atoms with Gasteiger partial charge in [0.05, 0.1) is 18.6 Å². The molecule has 0 unspecified atom stereocenters. The number of hydrogen-bond acceptors (Lipinski definition) is 5. The van der Waals surface area contributed by atoms with Gasteiger partial charge in [-0.15, -0.1) is 0 Å². The molecular formula is C22H27N3O5S. The highest BCUT2D eigenvalue weighted by molar-refractivity contribution is 7.89. The van der Waals surface area contributed by atoms with Crippen LogP contribution >= 0.6 is 0 Å². The van der Waals surface area contributed by atoms with E-state index in [1.165, 1.54) is 23.4 Å². The lowest BCUT2D eigenvalue weighted by atomic mass is 10.2. The van der Waals surface area contributed by atoms with Gasteiger partial charge in [0.1, 0.15) is 11.8 Å². The van der Waals surface area contributed by atoms with Crippen LogP contribution in [0.15, 0.2) is 53.4 Å². The number of aryl methyl sites for hydroxylation is 1. The van der Waals surface area contributed by atoms with Crippen LogP contribution in [0.1, 0.15) is 18.4 Å². The summed E-state index contributed by atoms with van der Waals surface area (Å²) in [5.41, 5.74) is 1.50. The lowest BCUT2D eigenvalue weighted by Gasteiger charge is -2.27. The van der Waals surface area contributed by atoms with Crippen molar-refractivity contribution in [1.82, 2.24) is 9.21 Å². The lowest BCUT2D eigenvalue weighted by molar-refractivity contribution is -0.136. The van der Waals surface area contributed by atoms with E-state index >= 15 is 0 Å². The second-order valence-electron chi connectivity index (χ2n) is 7.56. The molecule has 0 radical (unpaired) electrons. The second-order valence-corrected chi connectivity index (χ2v) is 9.45. The van der Waals surface area contributed by atoms with Crippen molar-refractivity contribution in [1.29, 1.82) is 0 Å². The van der Waals surface area contributed by atoms with Crippen LogP contribution in [0.25, 0.3) is 0 Å². The summed E-state index contributed by atoms with van der Waals surface area (Å²) in [6.45, 7) is 1.96. The molecule has 1 aliphatic rings. The average Bonchev–Trinajstić information content (AvgIpc) is 3.24. The molecule has 0 bridgehead atoms. The molecule has 0 spiro atoms. The van der Waals surface area contributed by atoms with Gasteiger partial charge >= 0.3 is 0 Å². The van der Waals surface area contributed by atoms with E-state index in [4.69, 9.17) is 4.74 Å². The third-order valence-corrected chi connectivity index (χ3v) is 7.15. The second kappa shape index (κ2) is 9.49. The molecule has 1 aliphatic heterocycles. The van der Waals surface area contributed by atoms with Gasteiger partial charge in [0.15, 0.2) is 0 Å². The SMILES string of the molecule is COc1cccc(NC(=O)CN(C)C(=O)[C@@H]2CCCN2S(=O)(=O)c2ccc(C)cc2)c1. The van der Waals surface area contributed by atoms with Crippen LogP contribution in [0.3, 0.4) is 0 Å². The first-order chi connectivity index (χ1) is 14.7. The minimum Gasteiger partial charge on any atom is -0.497 e. The predicted molar refractivity (Wildman–Crippen MR) is 117 cm³/mol. The van der Waals surface area contributed by atoms with Gasteiger partial charge in [0.25, 0.3) is 0 Å². The molecular weight excluding hydrogens is 418 g/mol. The van der Waals surface area contributed by atoms with Crippen LogP contribution in [0.5, 0.6) is 5.75 Å². The van der Waals surface area contributed by atoms with Crippen LogP contribution in [0.4, 0.5) is 5.69 Å². The van der Waals surface area contributed by atoms with Gasteiger partial charge < -0.3 is 15.0 Å². The largest absolute Gasteiger partial charge is 0.497 e. The van der Waals surface area contributed by atoms with Crippen molar-refractivity contribution in [2.75, 3.05) is 32.6 Å². The quantitative estimate of drug-likeness (QED) is 0.705. The van der Waals surface area contributed by atoms with Crippen molar-refractivity contribution < 1.29 is 22.7 Å². The number of nitrogens with one attached hydrogen (secondary N) is 1. The maximum absolute atomic E-state index is 13.1. The lowest BCUT2D eigenvalue weighted by Crippen LogP contribution is -2.48. The summed E-state index contributed by atoms with van der Waals surface area (Å²) >= 11 is 0. The van der Waals surface area contributed by atoms with Gasteiger partial charge in [0, 0.05) is 25.3 Å². The van der Waals surface area contributed by atoms with Gasteiger partial charge in [-0.1, -0.05) is 23.8 Å². The summed E-state index contributed by atoms with van der Waals surface area (Å²) < 4.78 is 32.5. The molecule has 0 aromatic heterocycles. The highest BCUT2D eigenvalue weighted by Gasteiger charge is 2.40. The number of carbonyl (C=O) groups is 2. The number of carbonyl (C=O) groups excluding carboxylic acids is 2. The van der Waals surface area contributed by atoms with Gasteiger partial charge in [-0.05, 0) is 44.0 Å². The minimum atomic E-state index is -3.80. The van der Waals surface area contributed by atoms with E-state index in [0.717, 1.165) is 5.56 Å². The Bertz CT molecular complexity index is 1050. The van der Waals surface area contributed by atoms with Crippen molar-refractivity contribution in [3.05, 3.63) is 54.1 Å². The summed E-state index contributed by atoms with van der Waals surface area (Å²) in [4.78, 5) is 26.8. The summed E-state index contributed by atoms with van der Waals surface area (Å²) in [5, 5.41) is 2.72. The number of ether oxygens (including phenoxy) is 1. The summed E-state index contributed by atoms with van der Waals surface area (Å²) in [6.07, 6.45) is 1.01. The third-order valence-electron chi connectivity index (χ3n) is 5.23. The molecule has 31 heavy (non-hydrogen) atoms. The number of methoxy groups -OCH3 is 1. The Labute approximate surface area is 182 Å². The number of benzene rings is 2. The van der Waals surface area contributed by atoms with E-state index in [9.17, 15) is 18.0 Å². The van der Waals surface area contributed by atoms with Gasteiger partial charge in [-0.2, -0.15) is 4.31 Å². The molecule has 9 heteroatoms. The van der Waals surface area contributed by atoms with Gasteiger partial charge in [0.2, 0.25) is 21.8 Å². The van der Waals surface area contributed by atoms with Crippen LogP contribution in [-0.4, -0.2) is 62.7 Å². The summed E-state index contributed by atoms with van der Waals surface area (Å²) in [5.74, 6) is -0.172.